The van der Waals surface area contributed by atoms with Gasteiger partial charge < -0.3 is 4.42 Å². The number of hydrogen-bond acceptors (Lipinski definition) is 1. The Morgan fingerprint density at radius 3 is 1.90 bits per heavy atom. The molecule has 0 aliphatic heterocycles. The lowest BCUT2D eigenvalue weighted by atomic mass is 9.63. The van der Waals surface area contributed by atoms with Crippen LogP contribution in [0.25, 0.3) is 44.2 Å². The molecule has 0 amide bonds. The Morgan fingerprint density at radius 1 is 0.692 bits per heavy atom. The maximum Gasteiger partial charge on any atom is 0.143 e. The summed E-state index contributed by atoms with van der Waals surface area (Å²) >= 11 is 6.12. The van der Waals surface area contributed by atoms with Gasteiger partial charge in [0.25, 0.3) is 0 Å². The molecule has 194 valence electrons. The highest BCUT2D eigenvalue weighted by molar-refractivity contribution is 6.30. The highest BCUT2D eigenvalue weighted by Gasteiger charge is 2.57. The van der Waals surface area contributed by atoms with E-state index in [-0.39, 0.29) is 10.8 Å². The third-order valence-electron chi connectivity index (χ3n) is 9.98. The molecular weight excluding hydrogens is 496 g/mol. The number of fused-ring (bicyclic) bond motifs is 4. The summed E-state index contributed by atoms with van der Waals surface area (Å²) in [5.74, 6) is 0.590. The van der Waals surface area contributed by atoms with Gasteiger partial charge in [0.1, 0.15) is 11.2 Å². The first kappa shape index (κ1) is 23.6. The van der Waals surface area contributed by atoms with Gasteiger partial charge in [-0.15, -0.1) is 0 Å². The van der Waals surface area contributed by atoms with E-state index < -0.39 is 0 Å². The van der Waals surface area contributed by atoms with Crippen LogP contribution in [0.15, 0.2) is 89.4 Å². The summed E-state index contributed by atoms with van der Waals surface area (Å²) in [6.45, 7) is 9.58. The quantitative estimate of drug-likeness (QED) is 0.212. The number of halogens is 1. The van der Waals surface area contributed by atoms with Gasteiger partial charge in [-0.2, -0.15) is 0 Å². The Labute approximate surface area is 235 Å². The number of hydrogen-bond donors (Lipinski definition) is 0. The maximum absolute atomic E-state index is 6.79. The van der Waals surface area contributed by atoms with Gasteiger partial charge in [-0.1, -0.05) is 87.8 Å². The predicted octanol–water partition coefficient (Wildman–Crippen LogP) is 11.0. The molecule has 0 saturated heterocycles. The van der Waals surface area contributed by atoms with Crippen LogP contribution in [0.2, 0.25) is 5.02 Å². The monoisotopic (exact) mass is 528 g/mol. The van der Waals surface area contributed by atoms with Crippen molar-refractivity contribution in [1.82, 2.24) is 0 Å². The summed E-state index contributed by atoms with van der Waals surface area (Å²) in [6, 6.07) is 26.6. The molecule has 0 N–H and O–H groups in total. The molecule has 1 nitrogen and oxygen atoms in total. The molecule has 1 spiro atoms. The topological polar surface area (TPSA) is 13.1 Å². The Kier molecular flexibility index (Phi) is 4.64. The Bertz CT molecular complexity index is 1820. The minimum absolute atomic E-state index is 0.154. The molecule has 5 aromatic rings. The Balaban J connectivity index is 1.33. The third-order valence-corrected chi connectivity index (χ3v) is 10.2. The summed E-state index contributed by atoms with van der Waals surface area (Å²) in [7, 11) is 0. The predicted molar refractivity (Wildman–Crippen MR) is 164 cm³/mol. The Hall–Kier alpha value is -3.29. The normalized spacial score (nSPS) is 21.4. The minimum Gasteiger partial charge on any atom is -0.455 e. The molecule has 39 heavy (non-hydrogen) atoms. The smallest absolute Gasteiger partial charge is 0.143 e. The summed E-state index contributed by atoms with van der Waals surface area (Å²) in [5.41, 5.74) is 11.8. The van der Waals surface area contributed by atoms with Crippen LogP contribution < -0.4 is 0 Å². The van der Waals surface area contributed by atoms with Crippen LogP contribution in [0.5, 0.6) is 0 Å². The van der Waals surface area contributed by atoms with Crippen LogP contribution in [0.3, 0.4) is 0 Å². The fourth-order valence-corrected chi connectivity index (χ4v) is 7.18. The zero-order valence-corrected chi connectivity index (χ0v) is 23.8. The molecule has 1 atom stereocenters. The van der Waals surface area contributed by atoms with Gasteiger partial charge in [0.2, 0.25) is 0 Å². The number of furan rings is 1. The zero-order valence-electron chi connectivity index (χ0n) is 23.1. The van der Waals surface area contributed by atoms with Crippen LogP contribution in [0.4, 0.5) is 0 Å². The molecule has 0 bridgehead atoms. The summed E-state index contributed by atoms with van der Waals surface area (Å²) in [6.07, 6.45) is 8.42. The molecule has 4 aromatic carbocycles. The number of rotatable bonds is 3. The van der Waals surface area contributed by atoms with Crippen molar-refractivity contribution in [2.24, 2.45) is 5.41 Å². The second-order valence-electron chi connectivity index (χ2n) is 13.5. The molecule has 8 rings (SSSR count). The highest BCUT2D eigenvalue weighted by atomic mass is 35.5. The van der Waals surface area contributed by atoms with Gasteiger partial charge in [-0.3, -0.25) is 0 Å². The van der Waals surface area contributed by atoms with E-state index >= 15 is 0 Å². The molecule has 3 aliphatic carbocycles. The largest absolute Gasteiger partial charge is 0.455 e. The second-order valence-corrected chi connectivity index (χ2v) is 13.9. The van der Waals surface area contributed by atoms with E-state index in [2.05, 4.69) is 101 Å². The van der Waals surface area contributed by atoms with Crippen molar-refractivity contribution in [3.63, 3.8) is 0 Å². The third kappa shape index (κ3) is 3.59. The van der Waals surface area contributed by atoms with Crippen LogP contribution in [-0.2, 0) is 10.8 Å². The first-order valence-electron chi connectivity index (χ1n) is 14.3. The molecule has 0 radical (unpaired) electrons. The standard InChI is InChI=1S/C37H33ClO/c1-35(2)13-14-36(3,4)31-20-33-28(19-30(31)35)29-18-25(32-21-37(32)15-16-37)17-27(34(29)39-33)24-7-5-22(6-8-24)23-9-11-26(38)12-10-23/h5-12,15-20,32H,13-14,21H2,1-4H3. The lowest BCUT2D eigenvalue weighted by Crippen LogP contribution is -2.33. The van der Waals surface area contributed by atoms with Crippen LogP contribution in [0, 0.1) is 5.41 Å². The zero-order chi connectivity index (χ0) is 26.7. The van der Waals surface area contributed by atoms with Gasteiger partial charge in [0, 0.05) is 26.8 Å². The fraction of sp³-hybridized carbons (Fsp3) is 0.297. The molecule has 1 saturated carbocycles. The molecule has 2 heteroatoms. The summed E-state index contributed by atoms with van der Waals surface area (Å²) in [4.78, 5) is 0. The summed E-state index contributed by atoms with van der Waals surface area (Å²) < 4.78 is 6.79. The van der Waals surface area contributed by atoms with Crippen LogP contribution in [0.1, 0.15) is 69.6 Å². The van der Waals surface area contributed by atoms with Crippen molar-refractivity contribution in [3.8, 4) is 22.3 Å². The minimum atomic E-state index is 0.154. The molecule has 1 fully saturated rings. The molecule has 1 aromatic heterocycles. The van der Waals surface area contributed by atoms with Crippen molar-refractivity contribution >= 4 is 33.5 Å². The second kappa shape index (κ2) is 7.67. The van der Waals surface area contributed by atoms with Crippen LogP contribution in [-0.4, -0.2) is 0 Å². The van der Waals surface area contributed by atoms with Gasteiger partial charge >= 0.3 is 0 Å². The van der Waals surface area contributed by atoms with E-state index in [1.54, 1.807) is 0 Å². The van der Waals surface area contributed by atoms with Crippen LogP contribution >= 0.6 is 11.6 Å². The molecule has 1 unspecified atom stereocenters. The molecule has 3 aliphatic rings. The van der Waals surface area contributed by atoms with E-state index in [0.29, 0.717) is 11.3 Å². The average molecular weight is 529 g/mol. The fourth-order valence-electron chi connectivity index (χ4n) is 7.06. The van der Waals surface area contributed by atoms with E-state index in [9.17, 15) is 0 Å². The van der Waals surface area contributed by atoms with Gasteiger partial charge in [-0.25, -0.2) is 0 Å². The van der Waals surface area contributed by atoms with Crippen molar-refractivity contribution in [1.29, 1.82) is 0 Å². The lowest BCUT2D eigenvalue weighted by Gasteiger charge is -2.41. The maximum atomic E-state index is 6.79. The van der Waals surface area contributed by atoms with Crippen molar-refractivity contribution in [2.75, 3.05) is 0 Å². The average Bonchev–Trinajstić information content (AvgIpc) is 3.83. The van der Waals surface area contributed by atoms with Crippen molar-refractivity contribution < 1.29 is 4.42 Å². The van der Waals surface area contributed by atoms with Crippen molar-refractivity contribution in [3.05, 3.63) is 107 Å². The van der Waals surface area contributed by atoms with E-state index in [4.69, 9.17) is 16.0 Å². The first-order chi connectivity index (χ1) is 18.6. The van der Waals surface area contributed by atoms with E-state index in [1.807, 2.05) is 12.1 Å². The molecule has 1 heterocycles. The van der Waals surface area contributed by atoms with Gasteiger partial charge in [0.05, 0.1) is 0 Å². The van der Waals surface area contributed by atoms with Gasteiger partial charge in [0.15, 0.2) is 0 Å². The number of benzene rings is 4. The molecular formula is C37H33ClO. The van der Waals surface area contributed by atoms with Gasteiger partial charge in [-0.05, 0) is 106 Å². The first-order valence-corrected chi connectivity index (χ1v) is 14.6. The Morgan fingerprint density at radius 2 is 1.28 bits per heavy atom. The summed E-state index contributed by atoms with van der Waals surface area (Å²) in [5, 5.41) is 3.27. The van der Waals surface area contributed by atoms with E-state index in [0.717, 1.165) is 16.2 Å². The van der Waals surface area contributed by atoms with E-state index in [1.165, 1.54) is 69.0 Å². The van der Waals surface area contributed by atoms with Crippen molar-refractivity contribution in [2.45, 2.75) is 63.7 Å². The number of allylic oxidation sites excluding steroid dienone is 2. The SMILES string of the molecule is CC1(C)CCC(C)(C)c2cc3c(cc21)oc1c(-c2ccc(-c4ccc(Cl)cc4)cc2)cc(C2CC24C=C4)cc13. The lowest BCUT2D eigenvalue weighted by molar-refractivity contribution is 0.332. The highest BCUT2D eigenvalue weighted by Crippen LogP contribution is 2.69.